The summed E-state index contributed by atoms with van der Waals surface area (Å²) in [7, 11) is 0. The quantitative estimate of drug-likeness (QED) is 0.799. The Balaban J connectivity index is 2.09. The van der Waals surface area contributed by atoms with Crippen molar-refractivity contribution in [3.05, 3.63) is 12.3 Å². The van der Waals surface area contributed by atoms with E-state index in [4.69, 9.17) is 4.74 Å². The normalized spacial score (nSPS) is 20.9. The minimum atomic E-state index is 0.542. The number of aromatic nitrogens is 2. The van der Waals surface area contributed by atoms with E-state index in [1.807, 2.05) is 6.92 Å². The predicted octanol–water partition coefficient (Wildman–Crippen LogP) is 2.24. The molecule has 1 aliphatic heterocycles. The van der Waals surface area contributed by atoms with Crippen molar-refractivity contribution < 1.29 is 4.74 Å². The molecule has 1 atom stereocenters. The van der Waals surface area contributed by atoms with Crippen LogP contribution in [0.4, 0.5) is 5.95 Å². The second kappa shape index (κ2) is 5.48. The van der Waals surface area contributed by atoms with Gasteiger partial charge in [-0.3, -0.25) is 0 Å². The molecule has 0 radical (unpaired) electrons. The Bertz CT molecular complexity index is 348. The second-order valence-electron chi connectivity index (χ2n) is 3.81. The molecular formula is C11H16BrN3O. The molecule has 1 aromatic rings. The van der Waals surface area contributed by atoms with Crippen LogP contribution in [0.5, 0.6) is 5.88 Å². The van der Waals surface area contributed by atoms with Crippen LogP contribution in [0.15, 0.2) is 12.3 Å². The van der Waals surface area contributed by atoms with E-state index in [-0.39, 0.29) is 0 Å². The third-order valence-corrected chi connectivity index (χ3v) is 3.30. The zero-order chi connectivity index (χ0) is 11.4. The van der Waals surface area contributed by atoms with E-state index in [9.17, 15) is 0 Å². The fraction of sp³-hybridized carbons (Fsp3) is 0.636. The van der Waals surface area contributed by atoms with Crippen LogP contribution < -0.4 is 9.64 Å². The Morgan fingerprint density at radius 3 is 3.25 bits per heavy atom. The van der Waals surface area contributed by atoms with Crippen LogP contribution in [0.25, 0.3) is 0 Å². The van der Waals surface area contributed by atoms with Gasteiger partial charge in [-0.1, -0.05) is 15.9 Å². The predicted molar refractivity (Wildman–Crippen MR) is 67.4 cm³/mol. The van der Waals surface area contributed by atoms with Crippen LogP contribution in [0.1, 0.15) is 19.8 Å². The van der Waals surface area contributed by atoms with Crippen molar-refractivity contribution in [1.82, 2.24) is 9.97 Å². The van der Waals surface area contributed by atoms with Crippen molar-refractivity contribution in [3.63, 3.8) is 0 Å². The Hall–Kier alpha value is -0.840. The molecule has 1 unspecified atom stereocenters. The van der Waals surface area contributed by atoms with Crippen molar-refractivity contribution in [2.45, 2.75) is 24.6 Å². The summed E-state index contributed by atoms with van der Waals surface area (Å²) in [5, 5.41) is 0. The molecule has 1 aromatic heterocycles. The summed E-state index contributed by atoms with van der Waals surface area (Å²) in [4.78, 5) is 11.4. The number of halogens is 1. The lowest BCUT2D eigenvalue weighted by Crippen LogP contribution is -2.36. The topological polar surface area (TPSA) is 38.2 Å². The van der Waals surface area contributed by atoms with Crippen LogP contribution in [0.2, 0.25) is 0 Å². The van der Waals surface area contributed by atoms with E-state index in [0.717, 1.165) is 19.0 Å². The van der Waals surface area contributed by atoms with E-state index >= 15 is 0 Å². The number of rotatable bonds is 3. The average molecular weight is 286 g/mol. The molecule has 16 heavy (non-hydrogen) atoms. The van der Waals surface area contributed by atoms with Crippen molar-refractivity contribution >= 4 is 21.9 Å². The van der Waals surface area contributed by atoms with Crippen molar-refractivity contribution in [1.29, 1.82) is 0 Å². The van der Waals surface area contributed by atoms with Crippen LogP contribution in [-0.2, 0) is 0 Å². The minimum absolute atomic E-state index is 0.542. The first kappa shape index (κ1) is 11.6. The highest BCUT2D eigenvalue weighted by atomic mass is 79.9. The summed E-state index contributed by atoms with van der Waals surface area (Å²) in [6.45, 7) is 4.59. The van der Waals surface area contributed by atoms with Crippen LogP contribution in [0.3, 0.4) is 0 Å². The summed E-state index contributed by atoms with van der Waals surface area (Å²) in [5.74, 6) is 1.43. The van der Waals surface area contributed by atoms with E-state index < -0.39 is 0 Å². The van der Waals surface area contributed by atoms with Gasteiger partial charge in [0.1, 0.15) is 0 Å². The fourth-order valence-electron chi connectivity index (χ4n) is 1.82. The molecular weight excluding hydrogens is 270 g/mol. The van der Waals surface area contributed by atoms with Crippen LogP contribution >= 0.6 is 15.9 Å². The number of anilines is 1. The highest BCUT2D eigenvalue weighted by molar-refractivity contribution is 9.09. The molecule has 1 fully saturated rings. The third kappa shape index (κ3) is 2.84. The van der Waals surface area contributed by atoms with Crippen molar-refractivity contribution in [2.75, 3.05) is 24.6 Å². The molecule has 2 rings (SSSR count). The molecule has 0 bridgehead atoms. The summed E-state index contributed by atoms with van der Waals surface area (Å²) in [6.07, 6.45) is 4.16. The highest BCUT2D eigenvalue weighted by Gasteiger charge is 2.19. The van der Waals surface area contributed by atoms with E-state index in [1.54, 1.807) is 12.3 Å². The highest BCUT2D eigenvalue weighted by Crippen LogP contribution is 2.21. The molecule has 0 amide bonds. The molecule has 0 N–H and O–H groups in total. The maximum atomic E-state index is 5.37. The van der Waals surface area contributed by atoms with Gasteiger partial charge in [0.05, 0.1) is 6.61 Å². The van der Waals surface area contributed by atoms with Gasteiger partial charge in [0.15, 0.2) is 0 Å². The number of hydrogen-bond acceptors (Lipinski definition) is 4. The van der Waals surface area contributed by atoms with Crippen molar-refractivity contribution in [3.8, 4) is 5.88 Å². The first-order valence-electron chi connectivity index (χ1n) is 5.64. The molecule has 88 valence electrons. The Morgan fingerprint density at radius 1 is 1.62 bits per heavy atom. The van der Waals surface area contributed by atoms with Gasteiger partial charge in [-0.15, -0.1) is 0 Å². The monoisotopic (exact) mass is 285 g/mol. The maximum Gasteiger partial charge on any atom is 0.228 e. The molecule has 0 aromatic carbocycles. The summed E-state index contributed by atoms with van der Waals surface area (Å²) >= 11 is 3.65. The number of hydrogen-bond donors (Lipinski definition) is 0. The van der Waals surface area contributed by atoms with Gasteiger partial charge < -0.3 is 9.64 Å². The van der Waals surface area contributed by atoms with Gasteiger partial charge in [0.2, 0.25) is 11.8 Å². The van der Waals surface area contributed by atoms with Gasteiger partial charge in [0, 0.05) is 30.2 Å². The summed E-state index contributed by atoms with van der Waals surface area (Å²) < 4.78 is 5.37. The molecule has 1 aliphatic rings. The van der Waals surface area contributed by atoms with E-state index in [0.29, 0.717) is 17.3 Å². The van der Waals surface area contributed by atoms with Gasteiger partial charge in [-0.05, 0) is 19.8 Å². The van der Waals surface area contributed by atoms with Gasteiger partial charge in [-0.25, -0.2) is 4.98 Å². The standard InChI is InChI=1S/C11H16BrN3O/c1-2-16-10-5-6-13-11(14-10)15-7-3-4-9(12)8-15/h5-6,9H,2-4,7-8H2,1H3. The Labute approximate surface area is 104 Å². The summed E-state index contributed by atoms with van der Waals surface area (Å²) in [5.41, 5.74) is 0. The number of alkyl halides is 1. The molecule has 1 saturated heterocycles. The lowest BCUT2D eigenvalue weighted by atomic mass is 10.1. The van der Waals surface area contributed by atoms with Gasteiger partial charge in [0.25, 0.3) is 0 Å². The number of piperidine rings is 1. The number of ether oxygens (including phenoxy) is 1. The largest absolute Gasteiger partial charge is 0.478 e. The molecule has 0 saturated carbocycles. The molecule has 5 heteroatoms. The molecule has 0 spiro atoms. The minimum Gasteiger partial charge on any atom is -0.478 e. The second-order valence-corrected chi connectivity index (χ2v) is 5.11. The molecule has 2 heterocycles. The lowest BCUT2D eigenvalue weighted by Gasteiger charge is -2.29. The van der Waals surface area contributed by atoms with E-state index in [1.165, 1.54) is 12.8 Å². The first-order chi connectivity index (χ1) is 7.79. The Kier molecular flexibility index (Phi) is 3.98. The van der Waals surface area contributed by atoms with Gasteiger partial charge in [-0.2, -0.15) is 4.98 Å². The smallest absolute Gasteiger partial charge is 0.228 e. The Morgan fingerprint density at radius 2 is 2.50 bits per heavy atom. The molecule has 4 nitrogen and oxygen atoms in total. The number of nitrogens with zero attached hydrogens (tertiary/aromatic N) is 3. The van der Waals surface area contributed by atoms with Crippen LogP contribution in [0, 0.1) is 0 Å². The lowest BCUT2D eigenvalue weighted by molar-refractivity contribution is 0.326. The first-order valence-corrected chi connectivity index (χ1v) is 6.56. The fourth-order valence-corrected chi connectivity index (χ4v) is 2.49. The molecule has 0 aliphatic carbocycles. The summed E-state index contributed by atoms with van der Waals surface area (Å²) in [6, 6.07) is 1.79. The SMILES string of the molecule is CCOc1ccnc(N2CCCC(Br)C2)n1. The zero-order valence-electron chi connectivity index (χ0n) is 9.40. The third-order valence-electron chi connectivity index (χ3n) is 2.56. The van der Waals surface area contributed by atoms with Gasteiger partial charge >= 0.3 is 0 Å². The van der Waals surface area contributed by atoms with Crippen molar-refractivity contribution in [2.24, 2.45) is 0 Å². The van der Waals surface area contributed by atoms with Crippen LogP contribution in [-0.4, -0.2) is 34.5 Å². The maximum absolute atomic E-state index is 5.37. The average Bonchev–Trinajstić information content (AvgIpc) is 2.30. The van der Waals surface area contributed by atoms with E-state index in [2.05, 4.69) is 30.8 Å². The zero-order valence-corrected chi connectivity index (χ0v) is 11.0.